The molecular formula is C13H22N2O2. The third-order valence-corrected chi connectivity index (χ3v) is 3.61. The highest BCUT2D eigenvalue weighted by atomic mass is 16.5. The molecule has 2 saturated heterocycles. The third kappa shape index (κ3) is 2.63. The fourth-order valence-electron chi connectivity index (χ4n) is 2.70. The second-order valence-corrected chi connectivity index (χ2v) is 5.18. The molecule has 96 valence electrons. The molecule has 2 rings (SSSR count). The van der Waals surface area contributed by atoms with Crippen LogP contribution in [0.5, 0.6) is 0 Å². The Morgan fingerprint density at radius 2 is 2.00 bits per heavy atom. The van der Waals surface area contributed by atoms with E-state index in [9.17, 15) is 4.79 Å². The molecule has 2 aliphatic heterocycles. The van der Waals surface area contributed by atoms with E-state index in [1.54, 1.807) is 0 Å². The van der Waals surface area contributed by atoms with Gasteiger partial charge in [-0.15, -0.1) is 0 Å². The van der Waals surface area contributed by atoms with Crippen LogP contribution in [0, 0.1) is 5.92 Å². The zero-order chi connectivity index (χ0) is 12.4. The van der Waals surface area contributed by atoms with Gasteiger partial charge in [-0.1, -0.05) is 13.5 Å². The van der Waals surface area contributed by atoms with Crippen molar-refractivity contribution in [2.45, 2.75) is 26.3 Å². The molecule has 2 fully saturated rings. The number of nitrogens with zero attached hydrogens (tertiary/aromatic N) is 2. The van der Waals surface area contributed by atoms with Crippen molar-refractivity contribution >= 4 is 5.91 Å². The highest BCUT2D eigenvalue weighted by Crippen LogP contribution is 2.27. The molecule has 2 heterocycles. The van der Waals surface area contributed by atoms with Crippen molar-refractivity contribution < 1.29 is 9.53 Å². The molecule has 2 unspecified atom stereocenters. The van der Waals surface area contributed by atoms with Crippen LogP contribution < -0.4 is 0 Å². The van der Waals surface area contributed by atoms with Gasteiger partial charge in [-0.25, -0.2) is 0 Å². The number of rotatable bonds is 2. The highest BCUT2D eigenvalue weighted by molar-refractivity contribution is 5.82. The topological polar surface area (TPSA) is 32.8 Å². The van der Waals surface area contributed by atoms with E-state index in [1.807, 2.05) is 11.8 Å². The summed E-state index contributed by atoms with van der Waals surface area (Å²) >= 11 is 0. The fraction of sp³-hybridized carbons (Fsp3) is 0.769. The lowest BCUT2D eigenvalue weighted by molar-refractivity contribution is -0.139. The maximum Gasteiger partial charge on any atom is 0.245 e. The molecule has 0 aromatic carbocycles. The lowest BCUT2D eigenvalue weighted by Crippen LogP contribution is -2.49. The van der Waals surface area contributed by atoms with Crippen LogP contribution in [0.25, 0.3) is 0 Å². The van der Waals surface area contributed by atoms with E-state index in [-0.39, 0.29) is 11.9 Å². The van der Waals surface area contributed by atoms with Gasteiger partial charge in [0.05, 0.1) is 13.2 Å². The molecular weight excluding hydrogens is 216 g/mol. The molecule has 0 aromatic rings. The maximum absolute atomic E-state index is 12.4. The second kappa shape index (κ2) is 5.08. The van der Waals surface area contributed by atoms with Crippen molar-refractivity contribution in [3.05, 3.63) is 12.3 Å². The van der Waals surface area contributed by atoms with Crippen LogP contribution in [0.4, 0.5) is 0 Å². The van der Waals surface area contributed by atoms with Gasteiger partial charge in [0.2, 0.25) is 5.91 Å². The zero-order valence-electron chi connectivity index (χ0n) is 10.8. The first kappa shape index (κ1) is 12.4. The fourth-order valence-corrected chi connectivity index (χ4v) is 2.70. The van der Waals surface area contributed by atoms with Crippen molar-refractivity contribution in [1.82, 2.24) is 9.80 Å². The van der Waals surface area contributed by atoms with Crippen LogP contribution in [0.3, 0.4) is 0 Å². The quantitative estimate of drug-likeness (QED) is 0.722. The number of hydrogen-bond acceptors (Lipinski definition) is 3. The molecule has 0 aliphatic carbocycles. The molecule has 17 heavy (non-hydrogen) atoms. The predicted molar refractivity (Wildman–Crippen MR) is 66.5 cm³/mol. The average molecular weight is 238 g/mol. The van der Waals surface area contributed by atoms with Gasteiger partial charge in [-0.05, 0) is 19.3 Å². The smallest absolute Gasteiger partial charge is 0.245 e. The van der Waals surface area contributed by atoms with Gasteiger partial charge in [0.15, 0.2) is 0 Å². The summed E-state index contributed by atoms with van der Waals surface area (Å²) < 4.78 is 5.28. The SMILES string of the molecule is C=C(C)N1CC(C)CC1C(=O)N1CCOCC1. The van der Waals surface area contributed by atoms with Crippen molar-refractivity contribution in [1.29, 1.82) is 0 Å². The Morgan fingerprint density at radius 3 is 2.59 bits per heavy atom. The van der Waals surface area contributed by atoms with E-state index >= 15 is 0 Å². The van der Waals surface area contributed by atoms with Crippen LogP contribution in [0.1, 0.15) is 20.3 Å². The van der Waals surface area contributed by atoms with E-state index < -0.39 is 0 Å². The van der Waals surface area contributed by atoms with Gasteiger partial charge in [0.25, 0.3) is 0 Å². The number of carbonyl (C=O) groups excluding carboxylic acids is 1. The maximum atomic E-state index is 12.4. The number of morpholine rings is 1. The Balaban J connectivity index is 2.04. The summed E-state index contributed by atoms with van der Waals surface area (Å²) in [5.41, 5.74) is 1.00. The number of amides is 1. The predicted octanol–water partition coefficient (Wildman–Crippen LogP) is 1.09. The summed E-state index contributed by atoms with van der Waals surface area (Å²) in [6.45, 7) is 11.9. The van der Waals surface area contributed by atoms with E-state index in [1.165, 1.54) is 0 Å². The number of hydrogen-bond donors (Lipinski definition) is 0. The van der Waals surface area contributed by atoms with Crippen molar-refractivity contribution in [2.75, 3.05) is 32.8 Å². The highest BCUT2D eigenvalue weighted by Gasteiger charge is 2.37. The molecule has 0 N–H and O–H groups in total. The van der Waals surface area contributed by atoms with Gasteiger partial charge >= 0.3 is 0 Å². The Labute approximate surface area is 103 Å². The summed E-state index contributed by atoms with van der Waals surface area (Å²) in [6, 6.07) is 0.000556. The average Bonchev–Trinajstić information content (AvgIpc) is 2.72. The second-order valence-electron chi connectivity index (χ2n) is 5.18. The minimum absolute atomic E-state index is 0.000556. The van der Waals surface area contributed by atoms with E-state index in [0.29, 0.717) is 19.1 Å². The summed E-state index contributed by atoms with van der Waals surface area (Å²) in [5.74, 6) is 0.822. The number of likely N-dealkylation sites (tertiary alicyclic amines) is 1. The van der Waals surface area contributed by atoms with Gasteiger partial charge in [-0.2, -0.15) is 0 Å². The van der Waals surface area contributed by atoms with E-state index in [4.69, 9.17) is 4.74 Å². The van der Waals surface area contributed by atoms with Crippen LogP contribution in [0.2, 0.25) is 0 Å². The largest absolute Gasteiger partial charge is 0.378 e. The van der Waals surface area contributed by atoms with Crippen molar-refractivity contribution in [3.8, 4) is 0 Å². The number of allylic oxidation sites excluding steroid dienone is 1. The standard InChI is InChI=1S/C13H22N2O2/c1-10(2)15-9-11(3)8-12(15)13(16)14-4-6-17-7-5-14/h11-12H,1,4-9H2,2-3H3. The summed E-state index contributed by atoms with van der Waals surface area (Å²) in [7, 11) is 0. The van der Waals surface area contributed by atoms with Crippen LogP contribution >= 0.6 is 0 Å². The molecule has 2 aliphatic rings. The zero-order valence-corrected chi connectivity index (χ0v) is 10.8. The lowest BCUT2D eigenvalue weighted by Gasteiger charge is -2.33. The lowest BCUT2D eigenvalue weighted by atomic mass is 10.1. The first-order valence-corrected chi connectivity index (χ1v) is 6.38. The van der Waals surface area contributed by atoms with Gasteiger partial charge in [-0.3, -0.25) is 4.79 Å². The van der Waals surface area contributed by atoms with Crippen LogP contribution in [-0.4, -0.2) is 54.6 Å². The third-order valence-electron chi connectivity index (χ3n) is 3.61. The molecule has 0 saturated carbocycles. The molecule has 4 heteroatoms. The van der Waals surface area contributed by atoms with Gasteiger partial charge in [0.1, 0.15) is 6.04 Å². The Morgan fingerprint density at radius 1 is 1.35 bits per heavy atom. The first-order valence-electron chi connectivity index (χ1n) is 6.38. The van der Waals surface area contributed by atoms with Crippen molar-refractivity contribution in [3.63, 3.8) is 0 Å². The monoisotopic (exact) mass is 238 g/mol. The molecule has 0 aromatic heterocycles. The molecule has 1 amide bonds. The minimum Gasteiger partial charge on any atom is -0.378 e. The number of ether oxygens (including phenoxy) is 1. The van der Waals surface area contributed by atoms with Crippen LogP contribution in [-0.2, 0) is 9.53 Å². The van der Waals surface area contributed by atoms with Crippen molar-refractivity contribution in [2.24, 2.45) is 5.92 Å². The van der Waals surface area contributed by atoms with Gasteiger partial charge < -0.3 is 14.5 Å². The Hall–Kier alpha value is -1.03. The summed E-state index contributed by atoms with van der Waals surface area (Å²) in [6.07, 6.45) is 0.947. The van der Waals surface area contributed by atoms with E-state index in [0.717, 1.165) is 31.8 Å². The summed E-state index contributed by atoms with van der Waals surface area (Å²) in [4.78, 5) is 16.5. The normalized spacial score (nSPS) is 29.5. The van der Waals surface area contributed by atoms with E-state index in [2.05, 4.69) is 18.4 Å². The number of carbonyl (C=O) groups is 1. The molecule has 0 spiro atoms. The molecule has 0 radical (unpaired) electrons. The molecule has 4 nitrogen and oxygen atoms in total. The van der Waals surface area contributed by atoms with Crippen LogP contribution in [0.15, 0.2) is 12.3 Å². The molecule has 0 bridgehead atoms. The van der Waals surface area contributed by atoms with Gasteiger partial charge in [0, 0.05) is 25.3 Å². The minimum atomic E-state index is 0.000556. The Kier molecular flexibility index (Phi) is 3.72. The molecule has 2 atom stereocenters. The first-order chi connectivity index (χ1) is 8.09. The Bertz CT molecular complexity index is 311. The summed E-state index contributed by atoms with van der Waals surface area (Å²) in [5, 5.41) is 0.